The van der Waals surface area contributed by atoms with Crippen molar-refractivity contribution in [1.82, 2.24) is 9.55 Å². The number of rotatable bonds is 6. The number of sulfone groups is 1. The summed E-state index contributed by atoms with van der Waals surface area (Å²) in [5, 5.41) is 10.7. The van der Waals surface area contributed by atoms with Crippen molar-refractivity contribution in [3.8, 4) is 0 Å². The predicted molar refractivity (Wildman–Crippen MR) is 116 cm³/mol. The van der Waals surface area contributed by atoms with Crippen LogP contribution in [0.3, 0.4) is 0 Å². The third kappa shape index (κ3) is 3.62. The van der Waals surface area contributed by atoms with Gasteiger partial charge in [0.15, 0.2) is 5.03 Å². The topological polar surface area (TPSA) is 89.3 Å². The first-order valence-corrected chi connectivity index (χ1v) is 11.7. The monoisotopic (exact) mass is 460 g/mol. The Balaban J connectivity index is 1.84. The van der Waals surface area contributed by atoms with E-state index in [1.54, 1.807) is 53.1 Å². The van der Waals surface area contributed by atoms with Crippen LogP contribution in [0.5, 0.6) is 0 Å². The van der Waals surface area contributed by atoms with Crippen molar-refractivity contribution < 1.29 is 18.3 Å². The Morgan fingerprint density at radius 3 is 2.63 bits per heavy atom. The number of carboxylic acids is 1. The van der Waals surface area contributed by atoms with Crippen LogP contribution in [0.15, 0.2) is 64.0 Å². The van der Waals surface area contributed by atoms with E-state index >= 15 is 0 Å². The number of benzene rings is 2. The quantitative estimate of drug-likeness (QED) is 0.455. The molecule has 0 atom stereocenters. The van der Waals surface area contributed by atoms with E-state index in [1.807, 2.05) is 6.92 Å². The van der Waals surface area contributed by atoms with E-state index in [1.165, 1.54) is 16.8 Å². The van der Waals surface area contributed by atoms with Crippen molar-refractivity contribution in [2.75, 3.05) is 0 Å². The molecule has 0 amide bonds. The lowest BCUT2D eigenvalue weighted by Gasteiger charge is -2.07. The van der Waals surface area contributed by atoms with Gasteiger partial charge >= 0.3 is 5.97 Å². The van der Waals surface area contributed by atoms with Crippen molar-refractivity contribution >= 4 is 49.6 Å². The summed E-state index contributed by atoms with van der Waals surface area (Å²) < 4.78 is 27.9. The molecule has 0 saturated carbocycles. The summed E-state index contributed by atoms with van der Waals surface area (Å²) >= 11 is 7.45. The molecule has 0 aliphatic rings. The fourth-order valence-corrected chi connectivity index (χ4v) is 6.24. The number of fused-ring (bicyclic) bond motifs is 1. The molecule has 4 rings (SSSR count). The summed E-state index contributed by atoms with van der Waals surface area (Å²) in [4.78, 5) is 16.3. The molecule has 2 aromatic heterocycles. The summed E-state index contributed by atoms with van der Waals surface area (Å²) in [5.74, 6) is -0.957. The van der Waals surface area contributed by atoms with Gasteiger partial charge in [0.25, 0.3) is 0 Å². The number of halogens is 1. The molecule has 154 valence electrons. The molecule has 0 saturated heterocycles. The molecule has 1 N–H and O–H groups in total. The van der Waals surface area contributed by atoms with E-state index in [0.29, 0.717) is 16.3 Å². The second-order valence-corrected chi connectivity index (χ2v) is 10.0. The molecule has 0 radical (unpaired) electrons. The van der Waals surface area contributed by atoms with E-state index < -0.39 is 15.8 Å². The maximum atomic E-state index is 13.1. The van der Waals surface area contributed by atoms with Gasteiger partial charge in [0.1, 0.15) is 6.54 Å². The molecule has 2 heterocycles. The largest absolute Gasteiger partial charge is 0.480 e. The minimum absolute atomic E-state index is 0.0271. The summed E-state index contributed by atoms with van der Waals surface area (Å²) in [7, 11) is -3.76. The van der Waals surface area contributed by atoms with Crippen LogP contribution in [0.2, 0.25) is 5.02 Å². The van der Waals surface area contributed by atoms with Crippen LogP contribution in [0.25, 0.3) is 10.9 Å². The van der Waals surface area contributed by atoms with Crippen LogP contribution in [-0.2, 0) is 27.6 Å². The van der Waals surface area contributed by atoms with Gasteiger partial charge in [-0.05, 0) is 42.8 Å². The van der Waals surface area contributed by atoms with E-state index in [-0.39, 0.29) is 16.5 Å². The van der Waals surface area contributed by atoms with Crippen molar-refractivity contribution in [2.24, 2.45) is 0 Å². The lowest BCUT2D eigenvalue weighted by Crippen LogP contribution is -2.10. The van der Waals surface area contributed by atoms with Crippen LogP contribution < -0.4 is 0 Å². The smallest absolute Gasteiger partial charge is 0.323 e. The molecule has 2 aromatic carbocycles. The van der Waals surface area contributed by atoms with Gasteiger partial charge in [0.2, 0.25) is 9.84 Å². The van der Waals surface area contributed by atoms with Crippen LogP contribution in [0.1, 0.15) is 16.1 Å². The van der Waals surface area contributed by atoms with Crippen molar-refractivity contribution in [2.45, 2.75) is 29.8 Å². The third-order valence-electron chi connectivity index (χ3n) is 4.96. The number of hydrogen-bond donors (Lipinski definition) is 1. The van der Waals surface area contributed by atoms with Crippen molar-refractivity contribution in [3.05, 3.63) is 75.2 Å². The van der Waals surface area contributed by atoms with Crippen molar-refractivity contribution in [1.29, 1.82) is 0 Å². The van der Waals surface area contributed by atoms with Crippen LogP contribution in [0.4, 0.5) is 0 Å². The Kier molecular flexibility index (Phi) is 5.40. The zero-order valence-corrected chi connectivity index (χ0v) is 18.3. The number of thiazole rings is 1. The number of hydrogen-bond acceptors (Lipinski definition) is 5. The van der Waals surface area contributed by atoms with Gasteiger partial charge in [-0.15, -0.1) is 11.3 Å². The SMILES string of the molecule is Cc1c(Cc2scnc2S(=O)(=O)c2ccccc2)c2cc(Cl)ccc2n1CC(=O)O. The van der Waals surface area contributed by atoms with Gasteiger partial charge in [0.05, 0.1) is 10.4 Å². The molecule has 6 nitrogen and oxygen atoms in total. The van der Waals surface area contributed by atoms with E-state index in [9.17, 15) is 18.3 Å². The number of aromatic nitrogens is 2. The standard InChI is InChI=1S/C21H17ClN2O4S2/c1-13-16(17-9-14(22)7-8-18(17)24(13)11-20(25)26)10-19-21(23-12-29-19)30(27,28)15-5-3-2-4-6-15/h2-9,12H,10-11H2,1H3,(H,25,26). The molecule has 4 aromatic rings. The first-order chi connectivity index (χ1) is 14.3. The molecular formula is C21H17ClN2O4S2. The van der Waals surface area contributed by atoms with Gasteiger partial charge in [-0.3, -0.25) is 4.79 Å². The second-order valence-electron chi connectivity index (χ2n) is 6.78. The van der Waals surface area contributed by atoms with Crippen LogP contribution >= 0.6 is 22.9 Å². The molecular weight excluding hydrogens is 444 g/mol. The molecule has 0 fully saturated rings. The minimum atomic E-state index is -3.76. The Morgan fingerprint density at radius 1 is 1.20 bits per heavy atom. The number of carbonyl (C=O) groups is 1. The first-order valence-electron chi connectivity index (χ1n) is 9.00. The number of nitrogens with zero attached hydrogens (tertiary/aromatic N) is 2. The maximum Gasteiger partial charge on any atom is 0.323 e. The summed E-state index contributed by atoms with van der Waals surface area (Å²) in [6, 6.07) is 13.5. The number of aliphatic carboxylic acids is 1. The average molecular weight is 461 g/mol. The van der Waals surface area contributed by atoms with E-state index in [4.69, 9.17) is 11.6 Å². The molecule has 0 aliphatic carbocycles. The van der Waals surface area contributed by atoms with Gasteiger partial charge < -0.3 is 9.67 Å². The van der Waals surface area contributed by atoms with E-state index in [0.717, 1.165) is 22.2 Å². The zero-order chi connectivity index (χ0) is 21.5. The lowest BCUT2D eigenvalue weighted by molar-refractivity contribution is -0.137. The van der Waals surface area contributed by atoms with Gasteiger partial charge in [0, 0.05) is 32.9 Å². The Morgan fingerprint density at radius 2 is 1.93 bits per heavy atom. The Hall–Kier alpha value is -2.68. The van der Waals surface area contributed by atoms with E-state index in [2.05, 4.69) is 4.98 Å². The average Bonchev–Trinajstić information content (AvgIpc) is 3.28. The normalized spacial score (nSPS) is 11.8. The fraction of sp³-hybridized carbons (Fsp3) is 0.143. The highest BCUT2D eigenvalue weighted by Crippen LogP contribution is 2.34. The maximum absolute atomic E-state index is 13.1. The Bertz CT molecular complexity index is 1360. The fourth-order valence-electron chi connectivity index (χ4n) is 3.55. The van der Waals surface area contributed by atoms with Crippen LogP contribution in [-0.4, -0.2) is 29.0 Å². The van der Waals surface area contributed by atoms with Crippen LogP contribution in [0, 0.1) is 6.92 Å². The molecule has 9 heteroatoms. The molecule has 0 bridgehead atoms. The van der Waals surface area contributed by atoms with Gasteiger partial charge in [-0.1, -0.05) is 29.8 Å². The molecule has 0 unspecified atom stereocenters. The predicted octanol–water partition coefficient (Wildman–Crippen LogP) is 4.57. The highest BCUT2D eigenvalue weighted by atomic mass is 35.5. The second kappa shape index (κ2) is 7.86. The minimum Gasteiger partial charge on any atom is -0.480 e. The summed E-state index contributed by atoms with van der Waals surface area (Å²) in [6.07, 6.45) is 0.307. The summed E-state index contributed by atoms with van der Waals surface area (Å²) in [6.45, 7) is 1.64. The highest BCUT2D eigenvalue weighted by Gasteiger charge is 2.26. The molecule has 0 aliphatic heterocycles. The number of carboxylic acid groups (broad SMARTS) is 1. The lowest BCUT2D eigenvalue weighted by atomic mass is 10.1. The summed E-state index contributed by atoms with van der Waals surface area (Å²) in [5.41, 5.74) is 3.85. The van der Waals surface area contributed by atoms with Gasteiger partial charge in [-0.25, -0.2) is 13.4 Å². The van der Waals surface area contributed by atoms with Gasteiger partial charge in [-0.2, -0.15) is 0 Å². The zero-order valence-electron chi connectivity index (χ0n) is 15.9. The molecule has 0 spiro atoms. The highest BCUT2D eigenvalue weighted by molar-refractivity contribution is 7.91. The molecule has 30 heavy (non-hydrogen) atoms. The third-order valence-corrected chi connectivity index (χ3v) is 7.91. The van der Waals surface area contributed by atoms with Crippen molar-refractivity contribution in [3.63, 3.8) is 0 Å². The first kappa shape index (κ1) is 20.6. The Labute approximate surface area is 182 Å².